The molecule has 17 heteroatoms. The van der Waals surface area contributed by atoms with E-state index in [-0.39, 0.29) is 37.4 Å². The maximum absolute atomic E-state index is 13.4. The van der Waals surface area contributed by atoms with Gasteiger partial charge in [0, 0.05) is 12.8 Å². The van der Waals surface area contributed by atoms with Crippen molar-refractivity contribution in [2.45, 2.75) is 89.2 Å². The lowest BCUT2D eigenvalue weighted by atomic mass is 10.0. The van der Waals surface area contributed by atoms with Crippen LogP contribution in [0.25, 0.3) is 0 Å². The number of phenols is 1. The first-order chi connectivity index (χ1) is 20.9. The van der Waals surface area contributed by atoms with Gasteiger partial charge < -0.3 is 53.8 Å². The number of carboxylic acids is 1. The summed E-state index contributed by atoms with van der Waals surface area (Å²) in [5, 5.41) is 38.8. The van der Waals surface area contributed by atoms with Gasteiger partial charge in [0.2, 0.25) is 35.4 Å². The van der Waals surface area contributed by atoms with E-state index in [4.69, 9.17) is 17.2 Å². The standard InChI is InChI=1S/C28H43N7O10/c1-13(2)10-19(25(41)32-18(28(44)45)8-9-21(30)38)34-27(43)23(14(3)36)35-26(42)20(11-15-4-6-16(37)7-5-15)33-24(40)17(29)12-22(31)39/h4-7,13-14,17-20,23,36-37H,8-12,29H2,1-3H3,(H2,30,38)(H2,31,39)(H,32,41)(H,33,40)(H,34,43)(H,35,42)(H,44,45). The van der Waals surface area contributed by atoms with E-state index in [9.17, 15) is 48.9 Å². The summed E-state index contributed by atoms with van der Waals surface area (Å²) in [5.41, 5.74) is 16.4. The van der Waals surface area contributed by atoms with Gasteiger partial charge in [0.05, 0.1) is 18.6 Å². The normalized spacial score (nSPS) is 15.0. The first-order valence-electron chi connectivity index (χ1n) is 14.1. The van der Waals surface area contributed by atoms with Crippen molar-refractivity contribution < 1.29 is 48.9 Å². The Morgan fingerprint density at radius 3 is 1.78 bits per heavy atom. The van der Waals surface area contributed by atoms with Crippen LogP contribution in [0.15, 0.2) is 24.3 Å². The molecule has 0 aromatic heterocycles. The molecule has 45 heavy (non-hydrogen) atoms. The van der Waals surface area contributed by atoms with E-state index in [0.29, 0.717) is 5.56 Å². The largest absolute Gasteiger partial charge is 0.508 e. The Morgan fingerprint density at radius 1 is 0.756 bits per heavy atom. The molecule has 13 N–H and O–H groups in total. The molecule has 6 atom stereocenters. The molecule has 0 heterocycles. The van der Waals surface area contributed by atoms with Crippen molar-refractivity contribution in [1.29, 1.82) is 0 Å². The molecule has 0 fully saturated rings. The van der Waals surface area contributed by atoms with Gasteiger partial charge in [0.25, 0.3) is 0 Å². The molecule has 1 rings (SSSR count). The first kappa shape index (κ1) is 38.3. The second kappa shape index (κ2) is 18.1. The average Bonchev–Trinajstić information content (AvgIpc) is 2.92. The highest BCUT2D eigenvalue weighted by molar-refractivity contribution is 5.96. The van der Waals surface area contributed by atoms with Crippen molar-refractivity contribution in [2.24, 2.45) is 23.1 Å². The minimum absolute atomic E-state index is 0.0392. The van der Waals surface area contributed by atoms with E-state index in [1.54, 1.807) is 13.8 Å². The molecule has 6 unspecified atom stereocenters. The molecule has 1 aromatic carbocycles. The van der Waals surface area contributed by atoms with Gasteiger partial charge in [-0.1, -0.05) is 26.0 Å². The van der Waals surface area contributed by atoms with Crippen LogP contribution in [0.2, 0.25) is 0 Å². The molecular formula is C28H43N7O10. The predicted molar refractivity (Wildman–Crippen MR) is 159 cm³/mol. The van der Waals surface area contributed by atoms with Crippen molar-refractivity contribution in [3.8, 4) is 5.75 Å². The van der Waals surface area contributed by atoms with Crippen LogP contribution in [0.1, 0.15) is 52.0 Å². The van der Waals surface area contributed by atoms with E-state index in [0.717, 1.165) is 0 Å². The molecule has 0 aliphatic carbocycles. The molecule has 250 valence electrons. The zero-order valence-corrected chi connectivity index (χ0v) is 25.3. The number of phenolic OH excluding ortho intramolecular Hbond substituents is 1. The average molecular weight is 638 g/mol. The topological polar surface area (TPSA) is 306 Å². The number of rotatable bonds is 19. The van der Waals surface area contributed by atoms with Crippen LogP contribution in [0.4, 0.5) is 0 Å². The van der Waals surface area contributed by atoms with Gasteiger partial charge in [0.1, 0.15) is 29.9 Å². The number of aliphatic carboxylic acids is 1. The fraction of sp³-hybridized carbons (Fsp3) is 0.536. The Kier molecular flexibility index (Phi) is 15.4. The number of hydrogen-bond acceptors (Lipinski definition) is 10. The molecular weight excluding hydrogens is 594 g/mol. The number of carbonyl (C=O) groups excluding carboxylic acids is 6. The van der Waals surface area contributed by atoms with Crippen LogP contribution in [0.5, 0.6) is 5.75 Å². The highest BCUT2D eigenvalue weighted by atomic mass is 16.4. The second-order valence-electron chi connectivity index (χ2n) is 11.0. The van der Waals surface area contributed by atoms with Crippen molar-refractivity contribution >= 4 is 41.4 Å². The van der Waals surface area contributed by atoms with Crippen molar-refractivity contribution in [3.63, 3.8) is 0 Å². The predicted octanol–water partition coefficient (Wildman–Crippen LogP) is -3.15. The monoisotopic (exact) mass is 637 g/mol. The number of carboxylic acid groups (broad SMARTS) is 1. The van der Waals surface area contributed by atoms with Crippen LogP contribution < -0.4 is 38.5 Å². The quantitative estimate of drug-likeness (QED) is 0.0722. The summed E-state index contributed by atoms with van der Waals surface area (Å²) in [4.78, 5) is 86.3. The van der Waals surface area contributed by atoms with Crippen LogP contribution in [-0.2, 0) is 40.0 Å². The number of amides is 6. The molecule has 0 saturated heterocycles. The lowest BCUT2D eigenvalue weighted by molar-refractivity contribution is -0.143. The van der Waals surface area contributed by atoms with Gasteiger partial charge >= 0.3 is 5.97 Å². The molecule has 6 amide bonds. The Balaban J connectivity index is 3.20. The Hall–Kier alpha value is -4.77. The van der Waals surface area contributed by atoms with Gasteiger partial charge in [-0.15, -0.1) is 0 Å². The van der Waals surface area contributed by atoms with E-state index in [1.165, 1.54) is 31.2 Å². The lowest BCUT2D eigenvalue weighted by Crippen LogP contribution is -2.61. The highest BCUT2D eigenvalue weighted by Crippen LogP contribution is 2.13. The maximum Gasteiger partial charge on any atom is 0.326 e. The number of aliphatic hydroxyl groups excluding tert-OH is 1. The summed E-state index contributed by atoms with van der Waals surface area (Å²) in [6, 6.07) is -1.55. The molecule has 0 aliphatic rings. The van der Waals surface area contributed by atoms with E-state index in [1.807, 2.05) is 0 Å². The summed E-state index contributed by atoms with van der Waals surface area (Å²) in [5.74, 6) is -7.00. The molecule has 17 nitrogen and oxygen atoms in total. The van der Waals surface area contributed by atoms with Crippen molar-refractivity contribution in [1.82, 2.24) is 21.3 Å². The van der Waals surface area contributed by atoms with Gasteiger partial charge in [-0.3, -0.25) is 28.8 Å². The number of nitrogens with two attached hydrogens (primary N) is 3. The van der Waals surface area contributed by atoms with Gasteiger partial charge in [-0.2, -0.15) is 0 Å². The number of hydrogen-bond donors (Lipinski definition) is 10. The second-order valence-corrected chi connectivity index (χ2v) is 11.0. The number of primary amides is 2. The third-order valence-electron chi connectivity index (χ3n) is 6.46. The summed E-state index contributed by atoms with van der Waals surface area (Å²) in [6.45, 7) is 4.67. The third-order valence-corrected chi connectivity index (χ3v) is 6.46. The van der Waals surface area contributed by atoms with E-state index >= 15 is 0 Å². The van der Waals surface area contributed by atoms with Crippen molar-refractivity contribution in [3.05, 3.63) is 29.8 Å². The van der Waals surface area contributed by atoms with Gasteiger partial charge in [0.15, 0.2) is 0 Å². The van der Waals surface area contributed by atoms with Crippen LogP contribution in [0.3, 0.4) is 0 Å². The lowest BCUT2D eigenvalue weighted by Gasteiger charge is -2.28. The van der Waals surface area contributed by atoms with Crippen LogP contribution >= 0.6 is 0 Å². The maximum atomic E-state index is 13.4. The highest BCUT2D eigenvalue weighted by Gasteiger charge is 2.34. The van der Waals surface area contributed by atoms with Crippen LogP contribution in [-0.4, -0.2) is 93.0 Å². The summed E-state index contributed by atoms with van der Waals surface area (Å²) >= 11 is 0. The summed E-state index contributed by atoms with van der Waals surface area (Å²) < 4.78 is 0. The molecule has 0 saturated carbocycles. The minimum atomic E-state index is -1.65. The number of aliphatic hydroxyl groups is 1. The summed E-state index contributed by atoms with van der Waals surface area (Å²) in [6.07, 6.45) is -2.75. The van der Waals surface area contributed by atoms with Crippen LogP contribution in [0, 0.1) is 5.92 Å². The fourth-order valence-electron chi connectivity index (χ4n) is 4.10. The minimum Gasteiger partial charge on any atom is -0.508 e. The molecule has 1 aromatic rings. The van der Waals surface area contributed by atoms with Gasteiger partial charge in [-0.05, 0) is 43.4 Å². The number of carbonyl (C=O) groups is 7. The smallest absolute Gasteiger partial charge is 0.326 e. The zero-order chi connectivity index (χ0) is 34.4. The molecule has 0 spiro atoms. The Bertz CT molecular complexity index is 1220. The van der Waals surface area contributed by atoms with Crippen molar-refractivity contribution in [2.75, 3.05) is 0 Å². The SMILES string of the molecule is CC(C)CC(NC(=O)C(NC(=O)C(Cc1ccc(O)cc1)NC(=O)C(N)CC(N)=O)C(C)O)C(=O)NC(CCC(N)=O)C(=O)O. The zero-order valence-electron chi connectivity index (χ0n) is 25.3. The summed E-state index contributed by atoms with van der Waals surface area (Å²) in [7, 11) is 0. The number of aromatic hydroxyl groups is 1. The number of nitrogens with one attached hydrogen (secondary N) is 4. The molecule has 0 aliphatic heterocycles. The first-order valence-corrected chi connectivity index (χ1v) is 14.1. The molecule has 0 bridgehead atoms. The number of benzene rings is 1. The van der Waals surface area contributed by atoms with E-state index in [2.05, 4.69) is 21.3 Å². The van der Waals surface area contributed by atoms with E-state index < -0.39 is 84.1 Å². The Labute approximate surface area is 259 Å². The fourth-order valence-corrected chi connectivity index (χ4v) is 4.10. The third kappa shape index (κ3) is 14.0. The Morgan fingerprint density at radius 2 is 1.29 bits per heavy atom. The molecule has 0 radical (unpaired) electrons. The van der Waals surface area contributed by atoms with Gasteiger partial charge in [-0.25, -0.2) is 4.79 Å².